The summed E-state index contributed by atoms with van der Waals surface area (Å²) in [5.41, 5.74) is 2.13. The summed E-state index contributed by atoms with van der Waals surface area (Å²) in [7, 11) is -4.49. The third-order valence-corrected chi connectivity index (χ3v) is 8.65. The summed E-state index contributed by atoms with van der Waals surface area (Å²) < 4.78 is 49.1. The minimum Gasteiger partial charge on any atom is -0.462 e. The number of nitrogens with one attached hydrogen (secondary N) is 2. The molecule has 0 bridgehead atoms. The van der Waals surface area contributed by atoms with E-state index in [-0.39, 0.29) is 11.5 Å². The molecular formula is C28H40N7O11P. The van der Waals surface area contributed by atoms with Gasteiger partial charge in [0.2, 0.25) is 11.2 Å². The third-order valence-electron chi connectivity index (χ3n) is 6.70. The second kappa shape index (κ2) is 14.7. The number of esters is 4. The predicted octanol–water partition coefficient (Wildman–Crippen LogP) is 1.28. The van der Waals surface area contributed by atoms with E-state index in [1.54, 1.807) is 27.7 Å². The Labute approximate surface area is 271 Å². The minimum atomic E-state index is -4.49. The van der Waals surface area contributed by atoms with Gasteiger partial charge in [0.25, 0.3) is 0 Å². The van der Waals surface area contributed by atoms with Crippen molar-refractivity contribution in [2.24, 2.45) is 0 Å². The SMILES string of the molecule is CC(=O)O[C@@H]1[C@@](C#N)(COP(=O)(N[C@@H](C)C(=O)OC(C)C)N[C@@H](C)C(=O)OC(C)C)OC[C@]1(OC(C)=O)c1ccc2c(N)ncnn12. The topological polar surface area (TPSA) is 245 Å². The number of nitrogens with zero attached hydrogens (tertiary/aromatic N) is 4. The zero-order chi connectivity index (χ0) is 35.3. The molecule has 3 heterocycles. The molecule has 47 heavy (non-hydrogen) atoms. The second-order valence-electron chi connectivity index (χ2n) is 11.4. The van der Waals surface area contributed by atoms with E-state index in [1.165, 1.54) is 30.5 Å². The van der Waals surface area contributed by atoms with Crippen molar-refractivity contribution in [1.29, 1.82) is 5.26 Å². The first-order valence-electron chi connectivity index (χ1n) is 14.6. The maximum absolute atomic E-state index is 14.3. The van der Waals surface area contributed by atoms with Crippen LogP contribution in [0.15, 0.2) is 18.5 Å². The molecule has 2 aromatic rings. The molecular weight excluding hydrogens is 641 g/mol. The van der Waals surface area contributed by atoms with Crippen LogP contribution >= 0.6 is 7.67 Å². The molecule has 0 saturated carbocycles. The van der Waals surface area contributed by atoms with Crippen molar-refractivity contribution >= 4 is 42.9 Å². The number of anilines is 1. The maximum Gasteiger partial charge on any atom is 0.342 e. The Morgan fingerprint density at radius 2 is 1.64 bits per heavy atom. The Kier molecular flexibility index (Phi) is 11.7. The first kappa shape index (κ1) is 37.3. The fourth-order valence-electron chi connectivity index (χ4n) is 4.82. The highest BCUT2D eigenvalue weighted by Gasteiger charge is 2.66. The molecule has 1 aliphatic heterocycles. The normalized spacial score (nSPS) is 22.4. The number of hydrogen-bond acceptors (Lipinski definition) is 15. The molecule has 4 N–H and O–H groups in total. The van der Waals surface area contributed by atoms with Gasteiger partial charge in [0.05, 0.1) is 24.5 Å². The number of aromatic nitrogens is 3. The quantitative estimate of drug-likeness (QED) is 0.144. The molecule has 19 heteroatoms. The molecule has 1 saturated heterocycles. The molecule has 1 aliphatic rings. The van der Waals surface area contributed by atoms with Crippen molar-refractivity contribution in [3.8, 4) is 6.07 Å². The number of nitrogens with two attached hydrogens (primary N) is 1. The predicted molar refractivity (Wildman–Crippen MR) is 162 cm³/mol. The summed E-state index contributed by atoms with van der Waals surface area (Å²) in [6.45, 7) is 9.89. The van der Waals surface area contributed by atoms with E-state index in [4.69, 9.17) is 33.9 Å². The molecule has 0 radical (unpaired) electrons. The largest absolute Gasteiger partial charge is 0.462 e. The van der Waals surface area contributed by atoms with E-state index in [0.29, 0.717) is 5.52 Å². The third kappa shape index (κ3) is 8.42. The van der Waals surface area contributed by atoms with Crippen molar-refractivity contribution < 1.29 is 52.0 Å². The van der Waals surface area contributed by atoms with E-state index in [0.717, 1.165) is 20.2 Å². The fraction of sp³-hybridized carbons (Fsp3) is 0.607. The molecule has 2 aromatic heterocycles. The smallest absolute Gasteiger partial charge is 0.342 e. The monoisotopic (exact) mass is 681 g/mol. The van der Waals surface area contributed by atoms with E-state index >= 15 is 0 Å². The standard InChI is InChI=1S/C28H40N7O11P/c1-15(2)43-24(38)17(5)33-47(40,34-18(6)25(39)44-16(3)4)42-12-27(11-29)26(45-19(7)36)28(13-41-27,46-20(8)37)22-10-9-21-23(30)31-14-32-35(21)22/h9-10,14-18,26H,12-13H2,1-8H3,(H2,30,31,32)(H2,33,34,40)/t17-,18-,26+,27+,28-/m0/s1. The van der Waals surface area contributed by atoms with Gasteiger partial charge in [-0.15, -0.1) is 0 Å². The van der Waals surface area contributed by atoms with Gasteiger partial charge in [-0.25, -0.2) is 19.7 Å². The van der Waals surface area contributed by atoms with Crippen LogP contribution in [0, 0.1) is 11.3 Å². The summed E-state index contributed by atoms with van der Waals surface area (Å²) in [5.74, 6) is -3.22. The second-order valence-corrected chi connectivity index (χ2v) is 13.3. The van der Waals surface area contributed by atoms with Crippen LogP contribution in [0.3, 0.4) is 0 Å². The maximum atomic E-state index is 14.3. The lowest BCUT2D eigenvalue weighted by Crippen LogP contribution is -2.55. The van der Waals surface area contributed by atoms with Crippen LogP contribution in [0.1, 0.15) is 61.1 Å². The number of carbonyl (C=O) groups excluding carboxylic acids is 4. The van der Waals surface area contributed by atoms with E-state index in [9.17, 15) is 29.0 Å². The van der Waals surface area contributed by atoms with Gasteiger partial charge in [0.1, 0.15) is 36.6 Å². The van der Waals surface area contributed by atoms with Gasteiger partial charge >= 0.3 is 31.5 Å². The zero-order valence-corrected chi connectivity index (χ0v) is 28.2. The molecule has 0 amide bonds. The summed E-state index contributed by atoms with van der Waals surface area (Å²) in [6.07, 6.45) is -1.60. The molecule has 5 atom stereocenters. The Morgan fingerprint density at radius 1 is 1.06 bits per heavy atom. The van der Waals surface area contributed by atoms with Gasteiger partial charge in [-0.2, -0.15) is 10.4 Å². The molecule has 0 spiro atoms. The summed E-state index contributed by atoms with van der Waals surface area (Å²) in [5, 5.41) is 19.8. The minimum absolute atomic E-state index is 0.0790. The molecule has 0 aliphatic carbocycles. The van der Waals surface area contributed by atoms with E-state index in [2.05, 4.69) is 20.3 Å². The Morgan fingerprint density at radius 3 is 2.13 bits per heavy atom. The van der Waals surface area contributed by atoms with Crippen molar-refractivity contribution in [3.05, 3.63) is 24.2 Å². The summed E-state index contributed by atoms with van der Waals surface area (Å²) in [4.78, 5) is 54.2. The highest BCUT2D eigenvalue weighted by Crippen LogP contribution is 2.49. The number of ether oxygens (including phenoxy) is 5. The lowest BCUT2D eigenvalue weighted by atomic mass is 9.85. The lowest BCUT2D eigenvalue weighted by Gasteiger charge is -2.36. The Bertz CT molecular complexity index is 1560. The first-order chi connectivity index (χ1) is 21.9. The number of carbonyl (C=O) groups is 4. The van der Waals surface area contributed by atoms with Crippen LogP contribution < -0.4 is 15.9 Å². The van der Waals surface area contributed by atoms with Crippen molar-refractivity contribution in [3.63, 3.8) is 0 Å². The van der Waals surface area contributed by atoms with Gasteiger partial charge < -0.3 is 33.9 Å². The van der Waals surface area contributed by atoms with Gasteiger partial charge in [-0.05, 0) is 53.7 Å². The molecule has 18 nitrogen and oxygen atoms in total. The van der Waals surface area contributed by atoms with Crippen LogP contribution in [-0.4, -0.2) is 87.7 Å². The summed E-state index contributed by atoms with van der Waals surface area (Å²) >= 11 is 0. The lowest BCUT2D eigenvalue weighted by molar-refractivity contribution is -0.184. The van der Waals surface area contributed by atoms with Crippen LogP contribution in [0.4, 0.5) is 5.82 Å². The van der Waals surface area contributed by atoms with Crippen molar-refractivity contribution in [2.75, 3.05) is 18.9 Å². The number of nitriles is 1. The molecule has 0 unspecified atom stereocenters. The van der Waals surface area contributed by atoms with Gasteiger partial charge in [-0.3, -0.25) is 23.7 Å². The Hall–Kier alpha value is -4.14. The molecule has 0 aromatic carbocycles. The summed E-state index contributed by atoms with van der Waals surface area (Å²) in [6, 6.07) is 2.44. The first-order valence-corrected chi connectivity index (χ1v) is 16.2. The van der Waals surface area contributed by atoms with Gasteiger partial charge in [-0.1, -0.05) is 0 Å². The highest BCUT2D eigenvalue weighted by atomic mass is 31.2. The van der Waals surface area contributed by atoms with Crippen LogP contribution in [0.5, 0.6) is 0 Å². The number of fused-ring (bicyclic) bond motifs is 1. The number of nitrogen functional groups attached to an aromatic ring is 1. The number of hydrogen-bond donors (Lipinski definition) is 3. The van der Waals surface area contributed by atoms with E-state index < -0.39 is 86.4 Å². The van der Waals surface area contributed by atoms with E-state index in [1.807, 2.05) is 6.07 Å². The molecule has 1 fully saturated rings. The van der Waals surface area contributed by atoms with Gasteiger partial charge in [0, 0.05) is 13.8 Å². The van der Waals surface area contributed by atoms with Gasteiger partial charge in [0.15, 0.2) is 11.9 Å². The van der Waals surface area contributed by atoms with Crippen LogP contribution in [0.2, 0.25) is 0 Å². The molecule has 3 rings (SSSR count). The molecule has 258 valence electrons. The average molecular weight is 682 g/mol. The van der Waals surface area contributed by atoms with Crippen LogP contribution in [0.25, 0.3) is 5.52 Å². The zero-order valence-electron chi connectivity index (χ0n) is 27.3. The highest BCUT2D eigenvalue weighted by molar-refractivity contribution is 7.54. The fourth-order valence-corrected chi connectivity index (χ4v) is 6.64. The van der Waals surface area contributed by atoms with Crippen molar-refractivity contribution in [2.45, 2.75) is 97.0 Å². The average Bonchev–Trinajstić information content (AvgIpc) is 3.52. The van der Waals surface area contributed by atoms with Crippen molar-refractivity contribution in [1.82, 2.24) is 24.8 Å². The Balaban J connectivity index is 2.08. The van der Waals surface area contributed by atoms with Crippen LogP contribution in [-0.2, 0) is 57.6 Å². The number of rotatable bonds is 14.